The minimum atomic E-state index is -0.434. The van der Waals surface area contributed by atoms with Crippen molar-refractivity contribution in [2.24, 2.45) is 0 Å². The summed E-state index contributed by atoms with van der Waals surface area (Å²) in [4.78, 5) is 3.74. The predicted molar refractivity (Wildman–Crippen MR) is 72.5 cm³/mol. The van der Waals surface area contributed by atoms with Gasteiger partial charge >= 0.3 is 0 Å². The van der Waals surface area contributed by atoms with Crippen molar-refractivity contribution in [3.05, 3.63) is 52.6 Å². The van der Waals surface area contributed by atoms with Crippen molar-refractivity contribution in [3.63, 3.8) is 0 Å². The van der Waals surface area contributed by atoms with E-state index in [1.54, 1.807) is 12.1 Å². The number of aromatic nitrogens is 1. The Morgan fingerprint density at radius 1 is 1.30 bits per heavy atom. The van der Waals surface area contributed by atoms with Crippen LogP contribution in [0.3, 0.4) is 0 Å². The number of rotatable bonds is 5. The van der Waals surface area contributed by atoms with E-state index in [4.69, 9.17) is 21.1 Å². The lowest BCUT2D eigenvalue weighted by atomic mass is 10.2. The number of halogens is 2. The van der Waals surface area contributed by atoms with Crippen LogP contribution in [0.25, 0.3) is 0 Å². The lowest BCUT2D eigenvalue weighted by Crippen LogP contribution is -2.02. The van der Waals surface area contributed by atoms with E-state index < -0.39 is 5.82 Å². The molecule has 1 aromatic carbocycles. The number of benzene rings is 1. The van der Waals surface area contributed by atoms with Gasteiger partial charge in [0.05, 0.1) is 19.9 Å². The predicted octanol–water partition coefficient (Wildman–Crippen LogP) is 2.95. The van der Waals surface area contributed by atoms with Gasteiger partial charge in [-0.25, -0.2) is 4.39 Å². The number of hydrogen-bond donors (Lipinski definition) is 1. The summed E-state index contributed by atoms with van der Waals surface area (Å²) in [6.45, 7) is -0.136. The van der Waals surface area contributed by atoms with Gasteiger partial charge in [-0.1, -0.05) is 11.6 Å². The molecule has 6 heteroatoms. The van der Waals surface area contributed by atoms with Crippen molar-refractivity contribution in [3.8, 4) is 11.5 Å². The first-order valence-corrected chi connectivity index (χ1v) is 6.21. The van der Waals surface area contributed by atoms with Gasteiger partial charge < -0.3 is 14.6 Å². The number of nitrogens with zero attached hydrogens (tertiary/aromatic N) is 1. The zero-order chi connectivity index (χ0) is 14.5. The van der Waals surface area contributed by atoms with Crippen molar-refractivity contribution in [2.75, 3.05) is 7.11 Å². The van der Waals surface area contributed by atoms with Crippen LogP contribution >= 0.6 is 11.6 Å². The second-order valence-corrected chi connectivity index (χ2v) is 4.49. The topological polar surface area (TPSA) is 51.6 Å². The molecule has 4 nitrogen and oxygen atoms in total. The molecular formula is C14H13ClFNO3. The molecule has 2 rings (SSSR count). The zero-order valence-electron chi connectivity index (χ0n) is 10.8. The average Bonchev–Trinajstić information content (AvgIpc) is 2.45. The summed E-state index contributed by atoms with van der Waals surface area (Å²) in [7, 11) is 1.48. The third kappa shape index (κ3) is 3.37. The van der Waals surface area contributed by atoms with E-state index in [0.717, 1.165) is 6.20 Å². The Bertz CT molecular complexity index is 582. The van der Waals surface area contributed by atoms with Gasteiger partial charge in [-0.3, -0.25) is 4.98 Å². The summed E-state index contributed by atoms with van der Waals surface area (Å²) in [6.07, 6.45) is 2.62. The Labute approximate surface area is 120 Å². The molecule has 0 atom stereocenters. The van der Waals surface area contributed by atoms with Crippen molar-refractivity contribution in [2.45, 2.75) is 13.2 Å². The maximum Gasteiger partial charge on any atom is 0.167 e. The Kier molecular flexibility index (Phi) is 4.76. The zero-order valence-corrected chi connectivity index (χ0v) is 11.5. The van der Waals surface area contributed by atoms with Gasteiger partial charge in [0, 0.05) is 28.4 Å². The molecule has 106 valence electrons. The van der Waals surface area contributed by atoms with Gasteiger partial charge in [-0.05, 0) is 12.1 Å². The van der Waals surface area contributed by atoms with Crippen LogP contribution in [-0.2, 0) is 13.2 Å². The van der Waals surface area contributed by atoms with E-state index in [-0.39, 0.29) is 13.2 Å². The van der Waals surface area contributed by atoms with Crippen LogP contribution in [0.5, 0.6) is 11.5 Å². The minimum absolute atomic E-state index is 0.107. The second-order valence-electron chi connectivity index (χ2n) is 4.05. The smallest absolute Gasteiger partial charge is 0.167 e. The lowest BCUT2D eigenvalue weighted by molar-refractivity contribution is 0.249. The molecule has 0 spiro atoms. The molecule has 0 amide bonds. The van der Waals surface area contributed by atoms with Crippen LogP contribution < -0.4 is 9.47 Å². The normalized spacial score (nSPS) is 10.4. The number of pyridine rings is 1. The van der Waals surface area contributed by atoms with E-state index in [0.29, 0.717) is 27.6 Å². The largest absolute Gasteiger partial charge is 0.493 e. The van der Waals surface area contributed by atoms with E-state index in [2.05, 4.69) is 4.98 Å². The van der Waals surface area contributed by atoms with Gasteiger partial charge in [-0.2, -0.15) is 0 Å². The molecule has 0 aliphatic carbocycles. The Hall–Kier alpha value is -1.85. The maximum absolute atomic E-state index is 13.0. The van der Waals surface area contributed by atoms with E-state index in [1.165, 1.54) is 19.4 Å². The molecule has 1 heterocycles. The summed E-state index contributed by atoms with van der Waals surface area (Å²) in [5, 5.41) is 9.77. The second kappa shape index (κ2) is 6.54. The highest BCUT2D eigenvalue weighted by Crippen LogP contribution is 2.35. The average molecular weight is 298 g/mol. The fourth-order valence-electron chi connectivity index (χ4n) is 1.75. The first-order valence-electron chi connectivity index (χ1n) is 5.83. The summed E-state index contributed by atoms with van der Waals surface area (Å²) >= 11 is 5.91. The molecule has 0 unspecified atom stereocenters. The summed E-state index contributed by atoms with van der Waals surface area (Å²) in [5.41, 5.74) is 1.07. The van der Waals surface area contributed by atoms with Gasteiger partial charge in [0.15, 0.2) is 11.5 Å². The highest BCUT2D eigenvalue weighted by molar-refractivity contribution is 6.30. The van der Waals surface area contributed by atoms with E-state index in [9.17, 15) is 9.50 Å². The van der Waals surface area contributed by atoms with Crippen LogP contribution in [-0.4, -0.2) is 17.2 Å². The summed E-state index contributed by atoms with van der Waals surface area (Å²) < 4.78 is 23.8. The molecule has 0 saturated carbocycles. The third-order valence-corrected chi connectivity index (χ3v) is 2.85. The first-order chi connectivity index (χ1) is 9.63. The monoisotopic (exact) mass is 297 g/mol. The molecule has 0 fully saturated rings. The molecule has 0 saturated heterocycles. The van der Waals surface area contributed by atoms with Gasteiger partial charge in [0.25, 0.3) is 0 Å². The Morgan fingerprint density at radius 2 is 2.10 bits per heavy atom. The molecule has 1 aromatic heterocycles. The number of hydrogen-bond acceptors (Lipinski definition) is 4. The molecule has 1 N–H and O–H groups in total. The molecule has 0 bridgehead atoms. The maximum atomic E-state index is 13.0. The molecular weight excluding hydrogens is 285 g/mol. The summed E-state index contributed by atoms with van der Waals surface area (Å²) in [6, 6.07) is 4.50. The van der Waals surface area contributed by atoms with Crippen LogP contribution in [0, 0.1) is 5.82 Å². The van der Waals surface area contributed by atoms with Gasteiger partial charge in [0.2, 0.25) is 0 Å². The SMILES string of the molecule is COc1cc(Cl)cc(CO)c1OCc1cncc(F)c1. The van der Waals surface area contributed by atoms with E-state index in [1.807, 2.05) is 0 Å². The number of ether oxygens (including phenoxy) is 2. The highest BCUT2D eigenvalue weighted by atomic mass is 35.5. The van der Waals surface area contributed by atoms with Crippen molar-refractivity contribution < 1.29 is 19.0 Å². The molecule has 0 aliphatic rings. The number of methoxy groups -OCH3 is 1. The molecule has 0 radical (unpaired) electrons. The number of aliphatic hydroxyl groups excluding tert-OH is 1. The minimum Gasteiger partial charge on any atom is -0.493 e. The lowest BCUT2D eigenvalue weighted by Gasteiger charge is -2.14. The van der Waals surface area contributed by atoms with Crippen LogP contribution in [0.1, 0.15) is 11.1 Å². The molecule has 2 aromatic rings. The third-order valence-electron chi connectivity index (χ3n) is 2.63. The van der Waals surface area contributed by atoms with Crippen molar-refractivity contribution in [1.29, 1.82) is 0 Å². The van der Waals surface area contributed by atoms with Crippen molar-refractivity contribution in [1.82, 2.24) is 4.98 Å². The van der Waals surface area contributed by atoms with Crippen LogP contribution in [0.4, 0.5) is 4.39 Å². The summed E-state index contributed by atoms with van der Waals surface area (Å²) in [5.74, 6) is 0.353. The molecule has 20 heavy (non-hydrogen) atoms. The Balaban J connectivity index is 2.24. The quantitative estimate of drug-likeness (QED) is 0.922. The number of aliphatic hydroxyl groups is 1. The van der Waals surface area contributed by atoms with E-state index >= 15 is 0 Å². The highest BCUT2D eigenvalue weighted by Gasteiger charge is 2.12. The van der Waals surface area contributed by atoms with Crippen LogP contribution in [0.15, 0.2) is 30.6 Å². The van der Waals surface area contributed by atoms with Crippen molar-refractivity contribution >= 4 is 11.6 Å². The first kappa shape index (κ1) is 14.6. The standard InChI is InChI=1S/C14H13ClFNO3/c1-19-13-4-11(15)3-10(7-18)14(13)20-8-9-2-12(16)6-17-5-9/h2-6,18H,7-8H2,1H3. The fraction of sp³-hybridized carbons (Fsp3) is 0.214. The fourth-order valence-corrected chi connectivity index (χ4v) is 1.98. The molecule has 0 aliphatic heterocycles. The van der Waals surface area contributed by atoms with Gasteiger partial charge in [0.1, 0.15) is 12.4 Å². The Morgan fingerprint density at radius 3 is 2.75 bits per heavy atom. The van der Waals surface area contributed by atoms with Gasteiger partial charge in [-0.15, -0.1) is 0 Å². The van der Waals surface area contributed by atoms with Crippen LogP contribution in [0.2, 0.25) is 5.02 Å².